The zero-order valence-corrected chi connectivity index (χ0v) is 13.8. The number of rotatable bonds is 0. The van der Waals surface area contributed by atoms with Crippen molar-refractivity contribution in [2.24, 2.45) is 29.1 Å². The summed E-state index contributed by atoms with van der Waals surface area (Å²) in [5.74, 6) is 3.36. The predicted octanol–water partition coefficient (Wildman–Crippen LogP) is 4.16. The number of ether oxygens (including phenoxy) is 1. The third-order valence-corrected chi connectivity index (χ3v) is 8.06. The Hall–Kier alpha value is -0.0800. The molecule has 4 fully saturated rings. The van der Waals surface area contributed by atoms with Gasteiger partial charge in [0.05, 0.1) is 11.7 Å². The van der Waals surface area contributed by atoms with Gasteiger partial charge in [0.25, 0.3) is 0 Å². The average Bonchev–Trinajstić information content (AvgIpc) is 2.47. The van der Waals surface area contributed by atoms with Gasteiger partial charge in [0.1, 0.15) is 0 Å². The predicted molar refractivity (Wildman–Crippen MR) is 84.0 cm³/mol. The van der Waals surface area contributed by atoms with Crippen molar-refractivity contribution >= 4 is 0 Å². The summed E-state index contributed by atoms with van der Waals surface area (Å²) in [6.45, 7) is 5.94. The van der Waals surface area contributed by atoms with Crippen LogP contribution in [0.5, 0.6) is 0 Å². The molecule has 4 rings (SSSR count). The lowest BCUT2D eigenvalue weighted by Crippen LogP contribution is -2.58. The minimum absolute atomic E-state index is 0.0218. The van der Waals surface area contributed by atoms with Crippen LogP contribution in [0.25, 0.3) is 0 Å². The second kappa shape index (κ2) is 4.96. The van der Waals surface area contributed by atoms with Crippen LogP contribution in [0.1, 0.15) is 71.6 Å². The van der Waals surface area contributed by atoms with Crippen molar-refractivity contribution in [1.29, 1.82) is 0 Å². The Morgan fingerprint density at radius 3 is 2.67 bits per heavy atom. The van der Waals surface area contributed by atoms with Gasteiger partial charge in [0.2, 0.25) is 0 Å². The molecule has 1 N–H and O–H groups in total. The molecule has 3 saturated carbocycles. The van der Waals surface area contributed by atoms with Crippen molar-refractivity contribution in [3.8, 4) is 0 Å². The lowest BCUT2D eigenvalue weighted by Gasteiger charge is -2.62. The Morgan fingerprint density at radius 2 is 1.81 bits per heavy atom. The summed E-state index contributed by atoms with van der Waals surface area (Å²) in [6.07, 6.45) is 11.4. The van der Waals surface area contributed by atoms with Gasteiger partial charge in [-0.05, 0) is 93.8 Å². The molecule has 3 aliphatic carbocycles. The summed E-state index contributed by atoms with van der Waals surface area (Å²) in [4.78, 5) is 0. The molecule has 0 bridgehead atoms. The normalized spacial score (nSPS) is 57.0. The van der Waals surface area contributed by atoms with Crippen molar-refractivity contribution in [3.05, 3.63) is 0 Å². The Bertz CT molecular complexity index is 408. The molecule has 2 heteroatoms. The van der Waals surface area contributed by atoms with Crippen LogP contribution >= 0.6 is 0 Å². The van der Waals surface area contributed by atoms with E-state index >= 15 is 0 Å². The summed E-state index contributed by atoms with van der Waals surface area (Å²) < 4.78 is 6.26. The number of aliphatic hydroxyl groups excluding tert-OH is 1. The van der Waals surface area contributed by atoms with Gasteiger partial charge in [0.15, 0.2) is 0 Å². The monoisotopic (exact) mass is 292 g/mol. The van der Waals surface area contributed by atoms with E-state index in [-0.39, 0.29) is 11.7 Å². The SMILES string of the molecule is C[C@]12CCC(O)CC1CCC1C2CC[C@]2(C)OCCCC12. The molecule has 120 valence electrons. The molecule has 0 amide bonds. The number of aliphatic hydroxyl groups is 1. The van der Waals surface area contributed by atoms with Crippen molar-refractivity contribution in [3.63, 3.8) is 0 Å². The van der Waals surface area contributed by atoms with E-state index in [2.05, 4.69) is 13.8 Å². The van der Waals surface area contributed by atoms with Crippen molar-refractivity contribution in [2.75, 3.05) is 6.61 Å². The van der Waals surface area contributed by atoms with Gasteiger partial charge in [0, 0.05) is 6.61 Å². The molecule has 0 aromatic carbocycles. The van der Waals surface area contributed by atoms with Crippen LogP contribution in [0.3, 0.4) is 0 Å². The maximum absolute atomic E-state index is 10.1. The lowest BCUT2D eigenvalue weighted by atomic mass is 9.46. The first-order chi connectivity index (χ1) is 10.0. The largest absolute Gasteiger partial charge is 0.393 e. The Kier molecular flexibility index (Phi) is 3.43. The van der Waals surface area contributed by atoms with Crippen LogP contribution in [0.2, 0.25) is 0 Å². The summed E-state index contributed by atoms with van der Waals surface area (Å²) in [7, 11) is 0. The molecule has 0 aromatic rings. The van der Waals surface area contributed by atoms with Crippen LogP contribution < -0.4 is 0 Å². The van der Waals surface area contributed by atoms with E-state index in [1.807, 2.05) is 0 Å². The van der Waals surface area contributed by atoms with E-state index in [1.165, 1.54) is 44.9 Å². The topological polar surface area (TPSA) is 29.5 Å². The third kappa shape index (κ3) is 2.12. The molecule has 1 saturated heterocycles. The second-order valence-corrected chi connectivity index (χ2v) is 8.93. The van der Waals surface area contributed by atoms with E-state index in [0.29, 0.717) is 5.41 Å². The smallest absolute Gasteiger partial charge is 0.0685 e. The lowest BCUT2D eigenvalue weighted by molar-refractivity contribution is -0.195. The molecule has 7 atom stereocenters. The molecule has 21 heavy (non-hydrogen) atoms. The Morgan fingerprint density at radius 1 is 0.952 bits per heavy atom. The maximum atomic E-state index is 10.1. The molecule has 0 aromatic heterocycles. The van der Waals surface area contributed by atoms with Crippen molar-refractivity contribution in [1.82, 2.24) is 0 Å². The summed E-state index contributed by atoms with van der Waals surface area (Å²) in [5.41, 5.74) is 0.678. The fraction of sp³-hybridized carbons (Fsp3) is 1.00. The van der Waals surface area contributed by atoms with Crippen LogP contribution in [-0.2, 0) is 4.74 Å². The van der Waals surface area contributed by atoms with Crippen LogP contribution in [0, 0.1) is 29.1 Å². The molecule has 2 nitrogen and oxygen atoms in total. The van der Waals surface area contributed by atoms with E-state index in [9.17, 15) is 5.11 Å². The first-order valence-corrected chi connectivity index (χ1v) is 9.35. The van der Waals surface area contributed by atoms with Crippen molar-refractivity contribution < 1.29 is 9.84 Å². The van der Waals surface area contributed by atoms with E-state index < -0.39 is 0 Å². The summed E-state index contributed by atoms with van der Waals surface area (Å²) >= 11 is 0. The summed E-state index contributed by atoms with van der Waals surface area (Å²) in [5, 5.41) is 10.1. The highest BCUT2D eigenvalue weighted by atomic mass is 16.5. The molecule has 4 aliphatic rings. The zero-order valence-electron chi connectivity index (χ0n) is 13.8. The average molecular weight is 292 g/mol. The van der Waals surface area contributed by atoms with Crippen LogP contribution in [0.15, 0.2) is 0 Å². The number of fused-ring (bicyclic) bond motifs is 5. The number of hydrogen-bond donors (Lipinski definition) is 1. The molecule has 1 heterocycles. The second-order valence-electron chi connectivity index (χ2n) is 8.93. The van der Waals surface area contributed by atoms with E-state index in [1.54, 1.807) is 0 Å². The van der Waals surface area contributed by atoms with Gasteiger partial charge in [-0.15, -0.1) is 0 Å². The van der Waals surface area contributed by atoms with Gasteiger partial charge in [-0.3, -0.25) is 0 Å². The fourth-order valence-corrected chi connectivity index (χ4v) is 6.83. The van der Waals surface area contributed by atoms with Crippen LogP contribution in [-0.4, -0.2) is 23.4 Å². The fourth-order valence-electron chi connectivity index (χ4n) is 6.83. The standard InChI is InChI=1S/C19H32O2/c1-18-9-7-14(20)12-13(18)5-6-15-16(18)8-10-19(2)17(15)4-3-11-21-19/h13-17,20H,3-12H2,1-2H3/t13?,14?,15?,16?,17?,18-,19-/m0/s1. The minimum Gasteiger partial charge on any atom is -0.393 e. The molecular weight excluding hydrogens is 260 g/mol. The Balaban J connectivity index is 1.61. The molecule has 1 aliphatic heterocycles. The van der Waals surface area contributed by atoms with Gasteiger partial charge in [-0.25, -0.2) is 0 Å². The highest BCUT2D eigenvalue weighted by molar-refractivity contribution is 5.07. The first-order valence-electron chi connectivity index (χ1n) is 9.35. The first kappa shape index (κ1) is 14.5. The van der Waals surface area contributed by atoms with E-state index in [4.69, 9.17) is 4.74 Å². The maximum Gasteiger partial charge on any atom is 0.0685 e. The quantitative estimate of drug-likeness (QED) is 0.726. The Labute approximate surface area is 129 Å². The highest BCUT2D eigenvalue weighted by Gasteiger charge is 2.57. The van der Waals surface area contributed by atoms with Gasteiger partial charge in [-0.2, -0.15) is 0 Å². The molecule has 5 unspecified atom stereocenters. The molecular formula is C19H32O2. The van der Waals surface area contributed by atoms with Crippen molar-refractivity contribution in [2.45, 2.75) is 83.3 Å². The van der Waals surface area contributed by atoms with E-state index in [0.717, 1.165) is 43.1 Å². The third-order valence-electron chi connectivity index (χ3n) is 8.06. The van der Waals surface area contributed by atoms with Gasteiger partial charge in [-0.1, -0.05) is 6.92 Å². The summed E-state index contributed by atoms with van der Waals surface area (Å²) in [6, 6.07) is 0. The number of hydrogen-bond acceptors (Lipinski definition) is 2. The van der Waals surface area contributed by atoms with Crippen LogP contribution in [0.4, 0.5) is 0 Å². The van der Waals surface area contributed by atoms with Gasteiger partial charge < -0.3 is 9.84 Å². The minimum atomic E-state index is -0.0218. The highest BCUT2D eigenvalue weighted by Crippen LogP contribution is 2.63. The molecule has 0 radical (unpaired) electrons. The zero-order chi connectivity index (χ0) is 14.7. The van der Waals surface area contributed by atoms with Gasteiger partial charge >= 0.3 is 0 Å². The molecule has 0 spiro atoms.